The Morgan fingerprint density at radius 3 is 3.06 bits per heavy atom. The molecule has 0 amide bonds. The van der Waals surface area contributed by atoms with Crippen LogP contribution in [0, 0.1) is 0 Å². The zero-order valence-corrected chi connectivity index (χ0v) is 10.9. The van der Waals surface area contributed by atoms with E-state index in [0.29, 0.717) is 6.10 Å². The van der Waals surface area contributed by atoms with E-state index in [1.54, 1.807) is 0 Å². The molecule has 1 unspecified atom stereocenters. The van der Waals surface area contributed by atoms with E-state index >= 15 is 0 Å². The van der Waals surface area contributed by atoms with Crippen molar-refractivity contribution in [1.29, 1.82) is 0 Å². The topological polar surface area (TPSA) is 27.1 Å². The summed E-state index contributed by atoms with van der Waals surface area (Å²) in [5.41, 5.74) is 2.36. The Balaban J connectivity index is 1.97. The van der Waals surface area contributed by atoms with Crippen LogP contribution in [-0.2, 0) is 17.7 Å². The smallest absolute Gasteiger partial charge is 0.109 e. The molecule has 1 aliphatic rings. The van der Waals surface area contributed by atoms with Crippen molar-refractivity contribution < 1.29 is 4.74 Å². The highest BCUT2D eigenvalue weighted by Gasteiger charge is 2.19. The SMILES string of the molecule is CCCc1nc2ccccc2n1CC1CCCO1. The van der Waals surface area contributed by atoms with Gasteiger partial charge in [-0.25, -0.2) is 4.98 Å². The molecule has 0 saturated carbocycles. The van der Waals surface area contributed by atoms with Gasteiger partial charge in [0.15, 0.2) is 0 Å². The molecule has 0 bridgehead atoms. The summed E-state index contributed by atoms with van der Waals surface area (Å²) in [7, 11) is 0. The van der Waals surface area contributed by atoms with Crippen LogP contribution >= 0.6 is 0 Å². The third-order valence-electron chi connectivity index (χ3n) is 3.62. The first-order valence-corrected chi connectivity index (χ1v) is 6.94. The lowest BCUT2D eigenvalue weighted by atomic mass is 10.2. The number of aromatic nitrogens is 2. The first kappa shape index (κ1) is 11.7. The highest BCUT2D eigenvalue weighted by Crippen LogP contribution is 2.21. The van der Waals surface area contributed by atoms with Crippen molar-refractivity contribution in [3.63, 3.8) is 0 Å². The second-order valence-electron chi connectivity index (χ2n) is 5.01. The number of hydrogen-bond donors (Lipinski definition) is 0. The highest BCUT2D eigenvalue weighted by molar-refractivity contribution is 5.75. The Hall–Kier alpha value is -1.35. The standard InChI is InChI=1S/C15H20N2O/c1-2-6-15-16-13-8-3-4-9-14(13)17(15)11-12-7-5-10-18-12/h3-4,8-9,12H,2,5-7,10-11H2,1H3. The van der Waals surface area contributed by atoms with E-state index in [0.717, 1.165) is 31.5 Å². The Morgan fingerprint density at radius 1 is 1.39 bits per heavy atom. The second-order valence-corrected chi connectivity index (χ2v) is 5.01. The third kappa shape index (κ3) is 2.15. The molecule has 0 aliphatic carbocycles. The lowest BCUT2D eigenvalue weighted by Gasteiger charge is -2.13. The summed E-state index contributed by atoms with van der Waals surface area (Å²) in [5.74, 6) is 1.20. The van der Waals surface area contributed by atoms with E-state index in [1.165, 1.54) is 24.2 Å². The largest absolute Gasteiger partial charge is 0.376 e. The number of fused-ring (bicyclic) bond motifs is 1. The number of nitrogens with zero attached hydrogens (tertiary/aromatic N) is 2. The molecule has 3 nitrogen and oxygen atoms in total. The van der Waals surface area contributed by atoms with Crippen molar-refractivity contribution in [2.75, 3.05) is 6.61 Å². The van der Waals surface area contributed by atoms with E-state index in [1.807, 2.05) is 0 Å². The van der Waals surface area contributed by atoms with E-state index in [2.05, 4.69) is 35.8 Å². The Labute approximate surface area is 108 Å². The molecule has 1 saturated heterocycles. The minimum Gasteiger partial charge on any atom is -0.376 e. The van der Waals surface area contributed by atoms with E-state index in [9.17, 15) is 0 Å². The van der Waals surface area contributed by atoms with Crippen molar-refractivity contribution in [3.8, 4) is 0 Å². The number of imidazole rings is 1. The van der Waals surface area contributed by atoms with Crippen LogP contribution in [0.5, 0.6) is 0 Å². The molecule has 0 radical (unpaired) electrons. The number of rotatable bonds is 4. The molecular weight excluding hydrogens is 224 g/mol. The monoisotopic (exact) mass is 244 g/mol. The normalized spacial score (nSPS) is 19.7. The predicted octanol–water partition coefficient (Wildman–Crippen LogP) is 3.17. The minimum absolute atomic E-state index is 0.373. The number of aryl methyl sites for hydroxylation is 1. The van der Waals surface area contributed by atoms with E-state index in [-0.39, 0.29) is 0 Å². The summed E-state index contributed by atoms with van der Waals surface area (Å²) < 4.78 is 8.12. The maximum absolute atomic E-state index is 5.76. The summed E-state index contributed by atoms with van der Waals surface area (Å²) in [6.07, 6.45) is 4.92. The van der Waals surface area contributed by atoms with Crippen molar-refractivity contribution >= 4 is 11.0 Å². The van der Waals surface area contributed by atoms with Gasteiger partial charge >= 0.3 is 0 Å². The van der Waals surface area contributed by atoms with Gasteiger partial charge in [0.05, 0.1) is 23.7 Å². The van der Waals surface area contributed by atoms with Gasteiger partial charge in [-0.05, 0) is 31.4 Å². The fourth-order valence-electron chi connectivity index (χ4n) is 2.74. The fourth-order valence-corrected chi connectivity index (χ4v) is 2.74. The maximum atomic E-state index is 5.76. The molecule has 1 atom stereocenters. The van der Waals surface area contributed by atoms with Crippen LogP contribution < -0.4 is 0 Å². The number of hydrogen-bond acceptors (Lipinski definition) is 2. The molecular formula is C15H20N2O. The van der Waals surface area contributed by atoms with Gasteiger partial charge in [-0.3, -0.25) is 0 Å². The van der Waals surface area contributed by atoms with Crippen LogP contribution in [0.2, 0.25) is 0 Å². The summed E-state index contributed by atoms with van der Waals surface area (Å²) in [4.78, 5) is 4.75. The molecule has 0 spiro atoms. The van der Waals surface area contributed by atoms with Crippen molar-refractivity contribution in [1.82, 2.24) is 9.55 Å². The maximum Gasteiger partial charge on any atom is 0.109 e. The zero-order valence-electron chi connectivity index (χ0n) is 10.9. The van der Waals surface area contributed by atoms with Crippen LogP contribution in [0.4, 0.5) is 0 Å². The van der Waals surface area contributed by atoms with Gasteiger partial charge in [-0.1, -0.05) is 19.1 Å². The first-order chi connectivity index (χ1) is 8.88. The van der Waals surface area contributed by atoms with Crippen LogP contribution in [0.1, 0.15) is 32.0 Å². The van der Waals surface area contributed by atoms with Crippen LogP contribution in [0.15, 0.2) is 24.3 Å². The van der Waals surface area contributed by atoms with Gasteiger partial charge in [0.1, 0.15) is 5.82 Å². The molecule has 1 aliphatic heterocycles. The zero-order chi connectivity index (χ0) is 12.4. The molecule has 18 heavy (non-hydrogen) atoms. The van der Waals surface area contributed by atoms with E-state index < -0.39 is 0 Å². The van der Waals surface area contributed by atoms with Crippen LogP contribution in [0.25, 0.3) is 11.0 Å². The van der Waals surface area contributed by atoms with Gasteiger partial charge in [-0.2, -0.15) is 0 Å². The third-order valence-corrected chi connectivity index (χ3v) is 3.62. The summed E-state index contributed by atoms with van der Waals surface area (Å²) in [6.45, 7) is 4.08. The predicted molar refractivity (Wildman–Crippen MR) is 72.7 cm³/mol. The average Bonchev–Trinajstić information content (AvgIpc) is 3.00. The molecule has 0 N–H and O–H groups in total. The molecule has 2 aromatic rings. The molecule has 3 heteroatoms. The fraction of sp³-hybridized carbons (Fsp3) is 0.533. The lowest BCUT2D eigenvalue weighted by molar-refractivity contribution is 0.0972. The molecule has 96 valence electrons. The quantitative estimate of drug-likeness (QED) is 0.826. The second kappa shape index (κ2) is 5.11. The molecule has 1 aromatic carbocycles. The van der Waals surface area contributed by atoms with Crippen molar-refractivity contribution in [3.05, 3.63) is 30.1 Å². The molecule has 2 heterocycles. The van der Waals surface area contributed by atoms with Crippen molar-refractivity contribution in [2.24, 2.45) is 0 Å². The summed E-state index contributed by atoms with van der Waals surface area (Å²) >= 11 is 0. The summed E-state index contributed by atoms with van der Waals surface area (Å²) in [6, 6.07) is 8.41. The lowest BCUT2D eigenvalue weighted by Crippen LogP contribution is -2.16. The van der Waals surface area contributed by atoms with Crippen molar-refractivity contribution in [2.45, 2.75) is 45.3 Å². The Kier molecular flexibility index (Phi) is 3.33. The number of ether oxygens (including phenoxy) is 1. The van der Waals surface area contributed by atoms with E-state index in [4.69, 9.17) is 9.72 Å². The number of para-hydroxylation sites is 2. The Bertz CT molecular complexity index is 526. The van der Waals surface area contributed by atoms with Gasteiger partial charge in [0.2, 0.25) is 0 Å². The van der Waals surface area contributed by atoms with Crippen LogP contribution in [0.3, 0.4) is 0 Å². The molecule has 1 fully saturated rings. The van der Waals surface area contributed by atoms with Gasteiger partial charge in [-0.15, -0.1) is 0 Å². The van der Waals surface area contributed by atoms with Gasteiger partial charge < -0.3 is 9.30 Å². The van der Waals surface area contributed by atoms with Gasteiger partial charge in [0.25, 0.3) is 0 Å². The van der Waals surface area contributed by atoms with Crippen LogP contribution in [-0.4, -0.2) is 22.3 Å². The number of benzene rings is 1. The molecule has 1 aromatic heterocycles. The Morgan fingerprint density at radius 2 is 2.28 bits per heavy atom. The minimum atomic E-state index is 0.373. The molecule has 3 rings (SSSR count). The average molecular weight is 244 g/mol. The first-order valence-electron chi connectivity index (χ1n) is 6.94. The highest BCUT2D eigenvalue weighted by atomic mass is 16.5. The summed E-state index contributed by atoms with van der Waals surface area (Å²) in [5, 5.41) is 0. The van der Waals surface area contributed by atoms with Gasteiger partial charge in [0, 0.05) is 13.0 Å².